The molecule has 1 atom stereocenters. The first kappa shape index (κ1) is 18.9. The van der Waals surface area contributed by atoms with E-state index in [9.17, 15) is 8.42 Å². The molecule has 0 spiro atoms. The maximum atomic E-state index is 11.0. The Bertz CT molecular complexity index is 384. The van der Waals surface area contributed by atoms with Gasteiger partial charge in [0, 0.05) is 32.9 Å². The van der Waals surface area contributed by atoms with Crippen molar-refractivity contribution in [2.75, 3.05) is 38.7 Å². The van der Waals surface area contributed by atoms with E-state index in [1.54, 1.807) is 7.05 Å². The minimum Gasteiger partial charge on any atom is -0.356 e. The van der Waals surface area contributed by atoms with Crippen LogP contribution in [0.1, 0.15) is 26.2 Å². The van der Waals surface area contributed by atoms with E-state index in [4.69, 9.17) is 0 Å². The van der Waals surface area contributed by atoms with Gasteiger partial charge in [-0.05, 0) is 25.2 Å². The Morgan fingerprint density at radius 3 is 2.68 bits per heavy atom. The summed E-state index contributed by atoms with van der Waals surface area (Å²) in [5.74, 6) is 1.83. The van der Waals surface area contributed by atoms with E-state index in [0.717, 1.165) is 19.0 Å². The molecular weight excluding hydrogens is 377 g/mol. The summed E-state index contributed by atoms with van der Waals surface area (Å²) in [4.78, 5) is 6.52. The fourth-order valence-corrected chi connectivity index (χ4v) is 2.92. The normalized spacial score (nSPS) is 20.9. The molecule has 1 fully saturated rings. The predicted molar refractivity (Wildman–Crippen MR) is 91.1 cm³/mol. The van der Waals surface area contributed by atoms with Gasteiger partial charge in [-0.2, -0.15) is 0 Å². The van der Waals surface area contributed by atoms with Crippen LogP contribution >= 0.6 is 24.0 Å². The van der Waals surface area contributed by atoms with Gasteiger partial charge in [0.05, 0.1) is 5.75 Å². The van der Waals surface area contributed by atoms with Gasteiger partial charge in [0.25, 0.3) is 0 Å². The lowest BCUT2D eigenvalue weighted by Gasteiger charge is -2.33. The molecule has 1 rings (SSSR count). The highest BCUT2D eigenvalue weighted by atomic mass is 127. The SMILES string of the molecule is CN=C(NCCCS(C)(=O)=O)N1CCCC(C)C1.I. The molecule has 114 valence electrons. The highest BCUT2D eigenvalue weighted by Crippen LogP contribution is 2.15. The number of aliphatic imine (C=N–C) groups is 1. The molecule has 0 saturated carbocycles. The number of likely N-dealkylation sites (tertiary alicyclic amines) is 1. The van der Waals surface area contributed by atoms with Crippen LogP contribution in [0.2, 0.25) is 0 Å². The van der Waals surface area contributed by atoms with Crippen LogP contribution in [0.25, 0.3) is 0 Å². The summed E-state index contributed by atoms with van der Waals surface area (Å²) < 4.78 is 22.0. The van der Waals surface area contributed by atoms with Gasteiger partial charge in [0.2, 0.25) is 0 Å². The van der Waals surface area contributed by atoms with Gasteiger partial charge < -0.3 is 10.2 Å². The van der Waals surface area contributed by atoms with Crippen molar-refractivity contribution in [3.8, 4) is 0 Å². The number of nitrogens with zero attached hydrogens (tertiary/aromatic N) is 2. The van der Waals surface area contributed by atoms with Crippen molar-refractivity contribution in [1.82, 2.24) is 10.2 Å². The minimum absolute atomic E-state index is 0. The van der Waals surface area contributed by atoms with E-state index in [2.05, 4.69) is 22.1 Å². The maximum Gasteiger partial charge on any atom is 0.193 e. The van der Waals surface area contributed by atoms with Crippen LogP contribution in [0.3, 0.4) is 0 Å². The Morgan fingerprint density at radius 1 is 1.47 bits per heavy atom. The summed E-state index contributed by atoms with van der Waals surface area (Å²) in [7, 11) is -1.08. The first-order valence-corrected chi connectivity index (χ1v) is 8.62. The van der Waals surface area contributed by atoms with Crippen molar-refractivity contribution in [1.29, 1.82) is 0 Å². The Morgan fingerprint density at radius 2 is 2.16 bits per heavy atom. The quantitative estimate of drug-likeness (QED) is 0.333. The summed E-state index contributed by atoms with van der Waals surface area (Å²) in [6.07, 6.45) is 4.38. The summed E-state index contributed by atoms with van der Waals surface area (Å²) in [5, 5.41) is 3.24. The molecule has 1 N–H and O–H groups in total. The van der Waals surface area contributed by atoms with Crippen LogP contribution in [0.4, 0.5) is 0 Å². The summed E-state index contributed by atoms with van der Waals surface area (Å²) in [6.45, 7) is 4.98. The largest absolute Gasteiger partial charge is 0.356 e. The molecule has 0 amide bonds. The second kappa shape index (κ2) is 8.99. The second-order valence-electron chi connectivity index (χ2n) is 5.15. The molecule has 0 aromatic carbocycles. The molecule has 0 aromatic rings. The fourth-order valence-electron chi connectivity index (χ4n) is 2.25. The molecule has 1 aliphatic heterocycles. The van der Waals surface area contributed by atoms with E-state index < -0.39 is 9.84 Å². The second-order valence-corrected chi connectivity index (χ2v) is 7.41. The van der Waals surface area contributed by atoms with Crippen LogP contribution in [0, 0.1) is 5.92 Å². The van der Waals surface area contributed by atoms with Crippen molar-refractivity contribution in [3.05, 3.63) is 0 Å². The number of guanidine groups is 1. The molecule has 19 heavy (non-hydrogen) atoms. The summed E-state index contributed by atoms with van der Waals surface area (Å²) in [5.41, 5.74) is 0. The Kier molecular flexibility index (Phi) is 8.97. The number of rotatable bonds is 4. The molecule has 0 aliphatic carbocycles. The van der Waals surface area contributed by atoms with E-state index in [1.165, 1.54) is 19.1 Å². The Balaban J connectivity index is 0.00000324. The zero-order chi connectivity index (χ0) is 13.6. The summed E-state index contributed by atoms with van der Waals surface area (Å²) in [6, 6.07) is 0. The third kappa shape index (κ3) is 7.96. The molecule has 1 saturated heterocycles. The average molecular weight is 403 g/mol. The number of nitrogens with one attached hydrogen (secondary N) is 1. The average Bonchev–Trinajstić information content (AvgIpc) is 2.27. The maximum absolute atomic E-state index is 11.0. The van der Waals surface area contributed by atoms with Crippen molar-refractivity contribution in [3.63, 3.8) is 0 Å². The van der Waals surface area contributed by atoms with E-state index >= 15 is 0 Å². The first-order valence-electron chi connectivity index (χ1n) is 6.55. The molecule has 1 unspecified atom stereocenters. The van der Waals surface area contributed by atoms with Gasteiger partial charge in [-0.1, -0.05) is 6.92 Å². The fraction of sp³-hybridized carbons (Fsp3) is 0.917. The lowest BCUT2D eigenvalue weighted by atomic mass is 10.0. The van der Waals surface area contributed by atoms with Crippen molar-refractivity contribution in [2.45, 2.75) is 26.2 Å². The molecular formula is C12H26IN3O2S. The molecule has 7 heteroatoms. The number of sulfone groups is 1. The van der Waals surface area contributed by atoms with Crippen LogP contribution in [0.5, 0.6) is 0 Å². The highest BCUT2D eigenvalue weighted by Gasteiger charge is 2.18. The van der Waals surface area contributed by atoms with Gasteiger partial charge in [-0.25, -0.2) is 8.42 Å². The molecule has 0 radical (unpaired) electrons. The Hall–Kier alpha value is -0.0500. The third-order valence-electron chi connectivity index (χ3n) is 3.14. The molecule has 5 nitrogen and oxygen atoms in total. The van der Waals surface area contributed by atoms with Crippen molar-refractivity contribution in [2.24, 2.45) is 10.9 Å². The van der Waals surface area contributed by atoms with Crippen molar-refractivity contribution < 1.29 is 8.42 Å². The number of piperidine rings is 1. The Labute approximate surface area is 134 Å². The van der Waals surface area contributed by atoms with Crippen LogP contribution in [0.15, 0.2) is 4.99 Å². The first-order chi connectivity index (χ1) is 8.42. The van der Waals surface area contributed by atoms with E-state index in [0.29, 0.717) is 18.9 Å². The van der Waals surface area contributed by atoms with E-state index in [-0.39, 0.29) is 29.7 Å². The van der Waals surface area contributed by atoms with Gasteiger partial charge in [0.1, 0.15) is 9.84 Å². The highest BCUT2D eigenvalue weighted by molar-refractivity contribution is 14.0. The third-order valence-corrected chi connectivity index (χ3v) is 4.17. The van der Waals surface area contributed by atoms with Crippen LogP contribution < -0.4 is 5.32 Å². The smallest absolute Gasteiger partial charge is 0.193 e. The lowest BCUT2D eigenvalue weighted by Crippen LogP contribution is -2.46. The molecule has 0 bridgehead atoms. The van der Waals surface area contributed by atoms with Crippen LogP contribution in [-0.4, -0.2) is 58.0 Å². The predicted octanol–water partition coefficient (Wildman–Crippen LogP) is 1.35. The van der Waals surface area contributed by atoms with Crippen molar-refractivity contribution >= 4 is 39.8 Å². The minimum atomic E-state index is -2.86. The van der Waals surface area contributed by atoms with E-state index in [1.807, 2.05) is 0 Å². The zero-order valence-electron chi connectivity index (χ0n) is 12.1. The number of halogens is 1. The van der Waals surface area contributed by atoms with Gasteiger partial charge in [-0.3, -0.25) is 4.99 Å². The molecule has 1 heterocycles. The summed E-state index contributed by atoms with van der Waals surface area (Å²) >= 11 is 0. The lowest BCUT2D eigenvalue weighted by molar-refractivity contribution is 0.266. The molecule has 1 aliphatic rings. The van der Waals surface area contributed by atoms with Gasteiger partial charge >= 0.3 is 0 Å². The number of hydrogen-bond acceptors (Lipinski definition) is 3. The molecule has 0 aromatic heterocycles. The van der Waals surface area contributed by atoms with Gasteiger partial charge in [0.15, 0.2) is 5.96 Å². The number of hydrogen-bond donors (Lipinski definition) is 1. The topological polar surface area (TPSA) is 61.8 Å². The standard InChI is InChI=1S/C12H25N3O2S.HI/c1-11-6-4-8-15(10-11)12(13-2)14-7-5-9-18(3,16)17;/h11H,4-10H2,1-3H3,(H,13,14);1H. The van der Waals surface area contributed by atoms with Crippen LogP contribution in [-0.2, 0) is 9.84 Å². The monoisotopic (exact) mass is 403 g/mol. The van der Waals surface area contributed by atoms with Gasteiger partial charge in [-0.15, -0.1) is 24.0 Å². The zero-order valence-corrected chi connectivity index (χ0v) is 15.2.